The van der Waals surface area contributed by atoms with Crippen molar-refractivity contribution in [3.05, 3.63) is 12.4 Å². The summed E-state index contributed by atoms with van der Waals surface area (Å²) in [5.41, 5.74) is 0. The molecule has 0 aliphatic carbocycles. The van der Waals surface area contributed by atoms with Crippen molar-refractivity contribution in [3.63, 3.8) is 0 Å². The van der Waals surface area contributed by atoms with E-state index in [1.165, 1.54) is 0 Å². The zero-order valence-corrected chi connectivity index (χ0v) is 13.2. The summed E-state index contributed by atoms with van der Waals surface area (Å²) >= 11 is 0. The van der Waals surface area contributed by atoms with Crippen molar-refractivity contribution >= 4 is 14.3 Å². The van der Waals surface area contributed by atoms with Gasteiger partial charge in [0.05, 0.1) is 12.6 Å². The van der Waals surface area contributed by atoms with Crippen molar-refractivity contribution < 1.29 is 4.43 Å². The third-order valence-electron chi connectivity index (χ3n) is 4.27. The SMILES string of the molecule is CC(C)(C)[Si](C)(C)OC[C@@H]1CCNc2nccn21. The normalized spacial score (nSPS) is 20.4. The van der Waals surface area contributed by atoms with Crippen LogP contribution in [0.3, 0.4) is 0 Å². The number of anilines is 1. The van der Waals surface area contributed by atoms with Crippen molar-refractivity contribution in [2.24, 2.45) is 0 Å². The molecule has 0 aromatic carbocycles. The third kappa shape index (κ3) is 2.62. The Bertz CT molecular complexity index is 409. The Hall–Kier alpha value is -0.813. The van der Waals surface area contributed by atoms with Gasteiger partial charge in [0.2, 0.25) is 5.95 Å². The zero-order valence-electron chi connectivity index (χ0n) is 12.2. The summed E-state index contributed by atoms with van der Waals surface area (Å²) in [6.45, 7) is 13.3. The van der Waals surface area contributed by atoms with Crippen LogP contribution < -0.4 is 5.32 Å². The number of rotatable bonds is 3. The van der Waals surface area contributed by atoms with Gasteiger partial charge >= 0.3 is 0 Å². The molecule has 0 fully saturated rings. The van der Waals surface area contributed by atoms with Crippen molar-refractivity contribution in [3.8, 4) is 0 Å². The van der Waals surface area contributed by atoms with Gasteiger partial charge in [-0.15, -0.1) is 0 Å². The van der Waals surface area contributed by atoms with E-state index in [2.05, 4.69) is 48.7 Å². The lowest BCUT2D eigenvalue weighted by molar-refractivity contribution is 0.221. The third-order valence-corrected chi connectivity index (χ3v) is 8.77. The molecule has 0 saturated heterocycles. The fourth-order valence-corrected chi connectivity index (χ4v) is 2.96. The highest BCUT2D eigenvalue weighted by Crippen LogP contribution is 2.37. The van der Waals surface area contributed by atoms with E-state index in [0.29, 0.717) is 6.04 Å². The van der Waals surface area contributed by atoms with E-state index in [0.717, 1.165) is 25.5 Å². The zero-order chi connectivity index (χ0) is 13.4. The second-order valence-corrected chi connectivity index (χ2v) is 11.4. The number of nitrogens with one attached hydrogen (secondary N) is 1. The van der Waals surface area contributed by atoms with Crippen LogP contribution in [0.5, 0.6) is 0 Å². The second-order valence-electron chi connectivity index (χ2n) is 6.60. The van der Waals surface area contributed by atoms with Crippen LogP contribution in [0.4, 0.5) is 5.95 Å². The van der Waals surface area contributed by atoms with Gasteiger partial charge < -0.3 is 14.3 Å². The summed E-state index contributed by atoms with van der Waals surface area (Å²) in [4.78, 5) is 4.31. The lowest BCUT2D eigenvalue weighted by atomic mass is 10.2. The Morgan fingerprint density at radius 1 is 1.50 bits per heavy atom. The Morgan fingerprint density at radius 3 is 2.89 bits per heavy atom. The van der Waals surface area contributed by atoms with Crippen LogP contribution in [-0.4, -0.2) is 31.0 Å². The molecule has 1 aromatic heterocycles. The molecule has 0 unspecified atom stereocenters. The van der Waals surface area contributed by atoms with Crippen molar-refractivity contribution in [2.45, 2.75) is 51.4 Å². The van der Waals surface area contributed by atoms with Crippen molar-refractivity contribution in [1.82, 2.24) is 9.55 Å². The van der Waals surface area contributed by atoms with Crippen LogP contribution in [0.15, 0.2) is 12.4 Å². The van der Waals surface area contributed by atoms with Crippen LogP contribution in [0.1, 0.15) is 33.2 Å². The summed E-state index contributed by atoms with van der Waals surface area (Å²) in [6.07, 6.45) is 5.01. The summed E-state index contributed by atoms with van der Waals surface area (Å²) < 4.78 is 8.53. The van der Waals surface area contributed by atoms with E-state index in [1.54, 1.807) is 0 Å². The van der Waals surface area contributed by atoms with Gasteiger partial charge in [-0.2, -0.15) is 0 Å². The van der Waals surface area contributed by atoms with Crippen LogP contribution in [0.2, 0.25) is 18.1 Å². The van der Waals surface area contributed by atoms with E-state index >= 15 is 0 Å². The molecule has 0 bridgehead atoms. The number of aromatic nitrogens is 2. The quantitative estimate of drug-likeness (QED) is 0.854. The molecule has 0 amide bonds. The molecule has 1 aliphatic rings. The first kappa shape index (κ1) is 13.6. The predicted molar refractivity (Wildman–Crippen MR) is 77.5 cm³/mol. The minimum atomic E-state index is -1.64. The number of hydrogen-bond donors (Lipinski definition) is 1. The van der Waals surface area contributed by atoms with Crippen molar-refractivity contribution in [2.75, 3.05) is 18.5 Å². The number of fused-ring (bicyclic) bond motifs is 1. The van der Waals surface area contributed by atoms with Crippen molar-refractivity contribution in [1.29, 1.82) is 0 Å². The molecule has 2 heterocycles. The van der Waals surface area contributed by atoms with E-state index < -0.39 is 8.32 Å². The highest BCUT2D eigenvalue weighted by Gasteiger charge is 2.38. The molecule has 102 valence electrons. The smallest absolute Gasteiger partial charge is 0.203 e. The van der Waals surface area contributed by atoms with E-state index in [4.69, 9.17) is 4.43 Å². The molecule has 18 heavy (non-hydrogen) atoms. The Kier molecular flexibility index (Phi) is 3.55. The Morgan fingerprint density at radius 2 is 2.22 bits per heavy atom. The van der Waals surface area contributed by atoms with Gasteiger partial charge in [0.25, 0.3) is 0 Å². The van der Waals surface area contributed by atoms with Crippen LogP contribution >= 0.6 is 0 Å². The summed E-state index contributed by atoms with van der Waals surface area (Å²) in [6, 6.07) is 0.429. The summed E-state index contributed by atoms with van der Waals surface area (Å²) in [5, 5.41) is 3.58. The highest BCUT2D eigenvalue weighted by atomic mass is 28.4. The average Bonchev–Trinajstić information content (AvgIpc) is 2.73. The lowest BCUT2D eigenvalue weighted by Gasteiger charge is -2.38. The van der Waals surface area contributed by atoms with E-state index in [9.17, 15) is 0 Å². The molecule has 1 atom stereocenters. The maximum absolute atomic E-state index is 6.32. The van der Waals surface area contributed by atoms with Gasteiger partial charge in [-0.05, 0) is 24.6 Å². The van der Waals surface area contributed by atoms with Gasteiger partial charge in [0.1, 0.15) is 0 Å². The Balaban J connectivity index is 2.01. The number of imidazole rings is 1. The molecule has 1 aromatic rings. The molecular formula is C13H25N3OSi. The minimum Gasteiger partial charge on any atom is -0.415 e. The minimum absolute atomic E-state index is 0.275. The van der Waals surface area contributed by atoms with E-state index in [-0.39, 0.29) is 5.04 Å². The number of nitrogens with zero attached hydrogens (tertiary/aromatic N) is 2. The van der Waals surface area contributed by atoms with Gasteiger partial charge in [0, 0.05) is 18.9 Å². The molecule has 1 aliphatic heterocycles. The fourth-order valence-electron chi connectivity index (χ4n) is 1.92. The topological polar surface area (TPSA) is 39.1 Å². The molecule has 4 nitrogen and oxygen atoms in total. The van der Waals surface area contributed by atoms with Crippen LogP contribution in [0, 0.1) is 0 Å². The first-order valence-electron chi connectivity index (χ1n) is 6.72. The maximum Gasteiger partial charge on any atom is 0.203 e. The van der Waals surface area contributed by atoms with E-state index in [1.807, 2.05) is 12.4 Å². The fraction of sp³-hybridized carbons (Fsp3) is 0.769. The predicted octanol–water partition coefficient (Wildman–Crippen LogP) is 3.26. The summed E-state index contributed by atoms with van der Waals surface area (Å²) in [5.74, 6) is 0.977. The largest absolute Gasteiger partial charge is 0.415 e. The Labute approximate surface area is 111 Å². The first-order valence-corrected chi connectivity index (χ1v) is 9.63. The molecule has 0 radical (unpaired) electrons. The van der Waals surface area contributed by atoms with Crippen LogP contribution in [-0.2, 0) is 4.43 Å². The molecule has 1 N–H and O–H groups in total. The second kappa shape index (κ2) is 4.70. The first-order chi connectivity index (χ1) is 8.31. The van der Waals surface area contributed by atoms with Gasteiger partial charge in [0.15, 0.2) is 8.32 Å². The molecule has 0 saturated carbocycles. The number of hydrogen-bond acceptors (Lipinski definition) is 3. The standard InChI is InChI=1S/C13H25N3OSi/c1-13(2,3)18(4,5)17-10-11-6-7-14-12-15-8-9-16(11)12/h8-9,11H,6-7,10H2,1-5H3,(H,14,15)/t11-/m0/s1. The average molecular weight is 267 g/mol. The van der Waals surface area contributed by atoms with Crippen LogP contribution in [0.25, 0.3) is 0 Å². The molecule has 2 rings (SSSR count). The monoisotopic (exact) mass is 267 g/mol. The molecule has 5 heteroatoms. The molecular weight excluding hydrogens is 242 g/mol. The van der Waals surface area contributed by atoms with Gasteiger partial charge in [-0.3, -0.25) is 0 Å². The van der Waals surface area contributed by atoms with Gasteiger partial charge in [-0.1, -0.05) is 20.8 Å². The maximum atomic E-state index is 6.32. The lowest BCUT2D eigenvalue weighted by Crippen LogP contribution is -2.42. The highest BCUT2D eigenvalue weighted by molar-refractivity contribution is 6.74. The van der Waals surface area contributed by atoms with Gasteiger partial charge in [-0.25, -0.2) is 4.98 Å². The molecule has 0 spiro atoms. The summed E-state index contributed by atoms with van der Waals surface area (Å²) in [7, 11) is -1.64.